The second-order valence-corrected chi connectivity index (χ2v) is 6.31. The van der Waals surface area contributed by atoms with E-state index in [1.165, 1.54) is 12.2 Å². The third-order valence-corrected chi connectivity index (χ3v) is 4.28. The number of benzene rings is 2. The molecule has 24 heavy (non-hydrogen) atoms. The minimum absolute atomic E-state index is 0.383. The summed E-state index contributed by atoms with van der Waals surface area (Å²) in [4.78, 5) is 23.4. The summed E-state index contributed by atoms with van der Waals surface area (Å²) in [5, 5.41) is 3.45. The van der Waals surface area contributed by atoms with Gasteiger partial charge in [0.1, 0.15) is 0 Å². The van der Waals surface area contributed by atoms with Crippen LogP contribution in [0.1, 0.15) is 5.56 Å². The first-order valence-corrected chi connectivity index (χ1v) is 8.35. The van der Waals surface area contributed by atoms with Crippen molar-refractivity contribution in [3.05, 3.63) is 68.6 Å². The van der Waals surface area contributed by atoms with Gasteiger partial charge in [0.15, 0.2) is 6.61 Å². The van der Waals surface area contributed by atoms with E-state index in [-0.39, 0.29) is 6.61 Å². The van der Waals surface area contributed by atoms with Crippen LogP contribution in [-0.2, 0) is 14.3 Å². The van der Waals surface area contributed by atoms with E-state index in [2.05, 4.69) is 21.2 Å². The summed E-state index contributed by atoms with van der Waals surface area (Å²) in [5.41, 5.74) is 1.30. The molecule has 0 aliphatic carbocycles. The molecule has 1 N–H and O–H groups in total. The van der Waals surface area contributed by atoms with E-state index < -0.39 is 11.9 Å². The van der Waals surface area contributed by atoms with Gasteiger partial charge in [-0.2, -0.15) is 0 Å². The molecule has 0 heterocycles. The molecule has 124 valence electrons. The van der Waals surface area contributed by atoms with E-state index in [0.29, 0.717) is 21.3 Å². The monoisotopic (exact) mass is 427 g/mol. The molecule has 0 aromatic heterocycles. The minimum atomic E-state index is -0.636. The van der Waals surface area contributed by atoms with Gasteiger partial charge in [0, 0.05) is 10.5 Å². The fraction of sp³-hybridized carbons (Fsp3) is 0.0588. The minimum Gasteiger partial charge on any atom is -0.452 e. The van der Waals surface area contributed by atoms with Gasteiger partial charge in [0.05, 0.1) is 15.7 Å². The Bertz CT molecular complexity index is 793. The molecule has 2 aromatic rings. The highest BCUT2D eigenvalue weighted by atomic mass is 79.9. The van der Waals surface area contributed by atoms with Crippen molar-refractivity contribution >= 4 is 62.8 Å². The molecule has 0 atom stereocenters. The zero-order valence-corrected chi connectivity index (χ0v) is 15.4. The second-order valence-electron chi connectivity index (χ2n) is 4.64. The van der Waals surface area contributed by atoms with Crippen LogP contribution in [0.2, 0.25) is 10.0 Å². The molecular formula is C17H12BrCl2NO3. The number of nitrogens with one attached hydrogen (secondary N) is 1. The molecule has 2 aromatic carbocycles. The first-order valence-electron chi connectivity index (χ1n) is 6.80. The summed E-state index contributed by atoms with van der Waals surface area (Å²) in [6.07, 6.45) is 2.74. The molecule has 7 heteroatoms. The third-order valence-electron chi connectivity index (χ3n) is 2.85. The van der Waals surface area contributed by atoms with Crippen molar-refractivity contribution in [2.45, 2.75) is 0 Å². The maximum Gasteiger partial charge on any atom is 0.331 e. The Morgan fingerprint density at radius 1 is 1.12 bits per heavy atom. The lowest BCUT2D eigenvalue weighted by Gasteiger charge is -2.07. The Balaban J connectivity index is 1.84. The first-order chi connectivity index (χ1) is 11.5. The van der Waals surface area contributed by atoms with E-state index in [9.17, 15) is 9.59 Å². The number of amides is 1. The predicted octanol–water partition coefficient (Wildman–Crippen LogP) is 4.95. The number of hydrogen-bond donors (Lipinski definition) is 1. The average molecular weight is 429 g/mol. The zero-order valence-electron chi connectivity index (χ0n) is 12.3. The largest absolute Gasteiger partial charge is 0.452 e. The number of rotatable bonds is 5. The maximum atomic E-state index is 11.8. The summed E-state index contributed by atoms with van der Waals surface area (Å²) in [7, 11) is 0. The quantitative estimate of drug-likeness (QED) is 0.541. The Labute approximate surface area is 157 Å². The van der Waals surface area contributed by atoms with Gasteiger partial charge >= 0.3 is 5.97 Å². The number of para-hydroxylation sites is 1. The fourth-order valence-electron chi connectivity index (χ4n) is 1.71. The molecule has 2 rings (SSSR count). The van der Waals surface area contributed by atoms with Crippen LogP contribution < -0.4 is 5.32 Å². The van der Waals surface area contributed by atoms with E-state index >= 15 is 0 Å². The molecule has 0 aliphatic rings. The molecule has 0 radical (unpaired) electrons. The molecule has 0 saturated carbocycles. The van der Waals surface area contributed by atoms with Gasteiger partial charge in [-0.05, 0) is 51.8 Å². The molecule has 0 unspecified atom stereocenters. The van der Waals surface area contributed by atoms with Crippen LogP contribution in [0.25, 0.3) is 6.08 Å². The topological polar surface area (TPSA) is 55.4 Å². The van der Waals surface area contributed by atoms with Gasteiger partial charge in [0.2, 0.25) is 0 Å². The number of esters is 1. The van der Waals surface area contributed by atoms with Crippen molar-refractivity contribution in [3.8, 4) is 0 Å². The molecule has 0 fully saturated rings. The molecule has 1 amide bonds. The second kappa shape index (κ2) is 8.87. The highest BCUT2D eigenvalue weighted by Crippen LogP contribution is 2.23. The van der Waals surface area contributed by atoms with Crippen molar-refractivity contribution in [1.82, 2.24) is 0 Å². The number of halogens is 3. The van der Waals surface area contributed by atoms with Crippen molar-refractivity contribution in [1.29, 1.82) is 0 Å². The number of hydrogen-bond acceptors (Lipinski definition) is 3. The Morgan fingerprint density at radius 3 is 2.58 bits per heavy atom. The van der Waals surface area contributed by atoms with Crippen LogP contribution >= 0.6 is 39.1 Å². The zero-order chi connectivity index (χ0) is 17.5. The summed E-state index contributed by atoms with van der Waals surface area (Å²) in [6, 6.07) is 12.1. The molecule has 4 nitrogen and oxygen atoms in total. The van der Waals surface area contributed by atoms with Gasteiger partial charge < -0.3 is 10.1 Å². The predicted molar refractivity (Wildman–Crippen MR) is 99.2 cm³/mol. The summed E-state index contributed by atoms with van der Waals surface area (Å²) in [6.45, 7) is -0.383. The van der Waals surface area contributed by atoms with Crippen LogP contribution in [0.3, 0.4) is 0 Å². The van der Waals surface area contributed by atoms with Gasteiger partial charge in [-0.3, -0.25) is 4.79 Å². The van der Waals surface area contributed by atoms with Crippen LogP contribution in [0.5, 0.6) is 0 Å². The highest BCUT2D eigenvalue weighted by molar-refractivity contribution is 9.10. The first kappa shape index (κ1) is 18.5. The van der Waals surface area contributed by atoms with E-state index in [0.717, 1.165) is 4.47 Å². The van der Waals surface area contributed by atoms with Gasteiger partial charge in [-0.25, -0.2) is 4.79 Å². The van der Waals surface area contributed by atoms with Gasteiger partial charge in [-0.1, -0.05) is 41.4 Å². The smallest absolute Gasteiger partial charge is 0.331 e. The Hall–Kier alpha value is -1.82. The third kappa shape index (κ3) is 5.67. The van der Waals surface area contributed by atoms with Crippen LogP contribution in [-0.4, -0.2) is 18.5 Å². The summed E-state index contributed by atoms with van der Waals surface area (Å²) < 4.78 is 5.62. The van der Waals surface area contributed by atoms with Crippen molar-refractivity contribution in [2.75, 3.05) is 11.9 Å². The summed E-state index contributed by atoms with van der Waals surface area (Å²) in [5.74, 6) is -1.07. The Morgan fingerprint density at radius 2 is 1.88 bits per heavy atom. The number of carbonyl (C=O) groups excluding carboxylic acids is 2. The van der Waals surface area contributed by atoms with Gasteiger partial charge in [-0.15, -0.1) is 0 Å². The average Bonchev–Trinajstić information content (AvgIpc) is 2.56. The SMILES string of the molecule is O=C(COC(=O)/C=C/c1ccc(Cl)c(Cl)c1)Nc1ccccc1Br. The van der Waals surface area contributed by atoms with Crippen LogP contribution in [0.15, 0.2) is 53.0 Å². The number of anilines is 1. The van der Waals surface area contributed by atoms with Crippen molar-refractivity contribution in [2.24, 2.45) is 0 Å². The lowest BCUT2D eigenvalue weighted by Crippen LogP contribution is -2.20. The molecule has 0 bridgehead atoms. The lowest BCUT2D eigenvalue weighted by molar-refractivity contribution is -0.142. The molecule has 0 spiro atoms. The van der Waals surface area contributed by atoms with E-state index in [4.69, 9.17) is 27.9 Å². The normalized spacial score (nSPS) is 10.6. The van der Waals surface area contributed by atoms with Crippen molar-refractivity contribution in [3.63, 3.8) is 0 Å². The standard InChI is InChI=1S/C17H12BrCl2NO3/c18-12-3-1-2-4-15(12)21-16(22)10-24-17(23)8-6-11-5-7-13(19)14(20)9-11/h1-9H,10H2,(H,21,22)/b8-6+. The van der Waals surface area contributed by atoms with Crippen LogP contribution in [0.4, 0.5) is 5.69 Å². The van der Waals surface area contributed by atoms with E-state index in [1.54, 1.807) is 36.4 Å². The lowest BCUT2D eigenvalue weighted by atomic mass is 10.2. The fourth-order valence-corrected chi connectivity index (χ4v) is 2.40. The molecular weight excluding hydrogens is 417 g/mol. The van der Waals surface area contributed by atoms with Crippen molar-refractivity contribution < 1.29 is 14.3 Å². The number of ether oxygens (including phenoxy) is 1. The van der Waals surface area contributed by atoms with Crippen LogP contribution in [0, 0.1) is 0 Å². The molecule has 0 aliphatic heterocycles. The molecule has 0 saturated heterocycles. The maximum absolute atomic E-state index is 11.8. The number of carbonyl (C=O) groups is 2. The Kier molecular flexibility index (Phi) is 6.85. The van der Waals surface area contributed by atoms with E-state index in [1.807, 2.05) is 6.07 Å². The summed E-state index contributed by atoms with van der Waals surface area (Å²) >= 11 is 15.0. The van der Waals surface area contributed by atoms with Gasteiger partial charge in [0.25, 0.3) is 5.91 Å². The highest BCUT2D eigenvalue weighted by Gasteiger charge is 2.07.